The Morgan fingerprint density at radius 1 is 1.09 bits per heavy atom. The molecule has 1 heterocycles. The molecule has 2 N–H and O–H groups in total. The van der Waals surface area contributed by atoms with Gasteiger partial charge in [-0.15, -0.1) is 0 Å². The third kappa shape index (κ3) is 9.55. The topological polar surface area (TPSA) is 125 Å². The highest BCUT2D eigenvalue weighted by molar-refractivity contribution is 7.89. The fraction of sp³-hybridized carbons (Fsp3) is 0.429. The number of aliphatic hydroxyl groups excluding tert-OH is 1. The summed E-state index contributed by atoms with van der Waals surface area (Å²) in [5.74, 6) is -0.668. The standard InChI is InChI=1S/C35H44ClN3O7S/c1-24-21-39(25(2)23-40)35(42)31-20-29(37-34(41)27-11-6-5-7-12-27)15-18-32(31)46-26(3)10-8-9-19-45-33(24)22-38(4)47(43,44)30-16-13-28(36)14-17-30/h5-7,11-18,20,24-26,33,40H,8-10,19,21-23H2,1-4H3,(H,37,41)/t24-,25+,26+,33-/m1/s1. The van der Waals surface area contributed by atoms with Crippen molar-refractivity contribution in [3.63, 3.8) is 0 Å². The normalized spacial score (nSPS) is 20.5. The number of hydrogen-bond donors (Lipinski definition) is 2. The van der Waals surface area contributed by atoms with Gasteiger partial charge in [-0.25, -0.2) is 8.42 Å². The molecule has 254 valence electrons. The van der Waals surface area contributed by atoms with Gasteiger partial charge in [0, 0.05) is 48.9 Å². The Labute approximate surface area is 282 Å². The first kappa shape index (κ1) is 36.4. The van der Waals surface area contributed by atoms with Crippen molar-refractivity contribution in [3.8, 4) is 5.75 Å². The van der Waals surface area contributed by atoms with Crippen molar-refractivity contribution in [3.05, 3.63) is 88.9 Å². The van der Waals surface area contributed by atoms with Crippen molar-refractivity contribution >= 4 is 39.1 Å². The van der Waals surface area contributed by atoms with Crippen LogP contribution in [-0.4, -0.2) is 86.1 Å². The van der Waals surface area contributed by atoms with Crippen LogP contribution in [-0.2, 0) is 14.8 Å². The van der Waals surface area contributed by atoms with E-state index in [-0.39, 0.29) is 48.1 Å². The van der Waals surface area contributed by atoms with Crippen LogP contribution in [0.15, 0.2) is 77.7 Å². The van der Waals surface area contributed by atoms with E-state index in [4.69, 9.17) is 21.1 Å². The van der Waals surface area contributed by atoms with E-state index in [0.717, 1.165) is 12.8 Å². The van der Waals surface area contributed by atoms with Crippen LogP contribution in [0.5, 0.6) is 5.75 Å². The number of anilines is 1. The molecule has 0 saturated heterocycles. The average Bonchev–Trinajstić information content (AvgIpc) is 3.06. The maximum Gasteiger partial charge on any atom is 0.258 e. The van der Waals surface area contributed by atoms with Gasteiger partial charge in [0.1, 0.15) is 5.75 Å². The second-order valence-electron chi connectivity index (χ2n) is 12.1. The van der Waals surface area contributed by atoms with Gasteiger partial charge in [-0.2, -0.15) is 4.31 Å². The highest BCUT2D eigenvalue weighted by atomic mass is 35.5. The zero-order chi connectivity index (χ0) is 34.1. The first-order valence-electron chi connectivity index (χ1n) is 15.8. The lowest BCUT2D eigenvalue weighted by Crippen LogP contribution is -2.48. The Kier molecular flexibility index (Phi) is 12.8. The van der Waals surface area contributed by atoms with Gasteiger partial charge in [0.25, 0.3) is 11.8 Å². The zero-order valence-electron chi connectivity index (χ0n) is 27.3. The number of hydrogen-bond acceptors (Lipinski definition) is 7. The predicted octanol–water partition coefficient (Wildman–Crippen LogP) is 5.71. The molecule has 0 spiro atoms. The fourth-order valence-corrected chi connectivity index (χ4v) is 6.70. The highest BCUT2D eigenvalue weighted by Crippen LogP contribution is 2.29. The minimum atomic E-state index is -3.84. The highest BCUT2D eigenvalue weighted by Gasteiger charge is 2.32. The van der Waals surface area contributed by atoms with E-state index in [9.17, 15) is 23.1 Å². The molecule has 3 aromatic rings. The van der Waals surface area contributed by atoms with Crippen molar-refractivity contribution in [2.45, 2.75) is 63.2 Å². The van der Waals surface area contributed by atoms with Crippen molar-refractivity contribution in [1.29, 1.82) is 0 Å². The molecule has 0 unspecified atom stereocenters. The van der Waals surface area contributed by atoms with Gasteiger partial charge >= 0.3 is 0 Å². The van der Waals surface area contributed by atoms with E-state index in [1.807, 2.05) is 19.9 Å². The number of carbonyl (C=O) groups excluding carboxylic acids is 2. The van der Waals surface area contributed by atoms with Crippen molar-refractivity contribution in [1.82, 2.24) is 9.21 Å². The van der Waals surface area contributed by atoms with Gasteiger partial charge in [0.2, 0.25) is 10.0 Å². The van der Waals surface area contributed by atoms with Crippen molar-refractivity contribution in [2.24, 2.45) is 5.92 Å². The number of ether oxygens (including phenoxy) is 2. The minimum absolute atomic E-state index is 0.0490. The van der Waals surface area contributed by atoms with Gasteiger partial charge in [0.05, 0.1) is 35.3 Å². The van der Waals surface area contributed by atoms with Crippen molar-refractivity contribution < 1.29 is 32.6 Å². The molecule has 2 amide bonds. The summed E-state index contributed by atoms with van der Waals surface area (Å²) in [7, 11) is -2.34. The number of rotatable bonds is 8. The summed E-state index contributed by atoms with van der Waals surface area (Å²) in [5, 5.41) is 13.5. The number of sulfonamides is 1. The number of carbonyl (C=O) groups is 2. The maximum atomic E-state index is 14.3. The summed E-state index contributed by atoms with van der Waals surface area (Å²) in [4.78, 5) is 28.9. The summed E-state index contributed by atoms with van der Waals surface area (Å²) in [5.41, 5.74) is 1.14. The molecule has 1 aliphatic heterocycles. The second kappa shape index (κ2) is 16.6. The molecule has 10 nitrogen and oxygen atoms in total. The van der Waals surface area contributed by atoms with E-state index in [1.165, 1.54) is 35.6 Å². The molecule has 0 aliphatic carbocycles. The zero-order valence-corrected chi connectivity index (χ0v) is 28.8. The number of halogens is 1. The van der Waals surface area contributed by atoms with Crippen LogP contribution >= 0.6 is 11.6 Å². The van der Waals surface area contributed by atoms with E-state index < -0.39 is 28.1 Å². The van der Waals surface area contributed by atoms with Crippen LogP contribution in [0, 0.1) is 5.92 Å². The molecular weight excluding hydrogens is 642 g/mol. The van der Waals surface area contributed by atoms with Crippen LogP contribution in [0.2, 0.25) is 5.02 Å². The number of amides is 2. The summed E-state index contributed by atoms with van der Waals surface area (Å²) in [6.07, 6.45) is 1.45. The first-order valence-corrected chi connectivity index (χ1v) is 17.6. The fourth-order valence-electron chi connectivity index (χ4n) is 5.39. The van der Waals surface area contributed by atoms with Crippen LogP contribution in [0.4, 0.5) is 5.69 Å². The quantitative estimate of drug-likeness (QED) is 0.311. The molecule has 12 heteroatoms. The molecule has 3 aromatic carbocycles. The lowest BCUT2D eigenvalue weighted by molar-refractivity contribution is -0.00834. The number of fused-ring (bicyclic) bond motifs is 1. The van der Waals surface area contributed by atoms with E-state index >= 15 is 0 Å². The van der Waals surface area contributed by atoms with Crippen LogP contribution in [0.1, 0.15) is 60.7 Å². The summed E-state index contributed by atoms with van der Waals surface area (Å²) in [6.45, 7) is 5.89. The Balaban J connectivity index is 1.65. The number of benzene rings is 3. The number of likely N-dealkylation sites (N-methyl/N-ethyl adjacent to an activating group) is 1. The Morgan fingerprint density at radius 3 is 2.47 bits per heavy atom. The van der Waals surface area contributed by atoms with Crippen LogP contribution in [0.25, 0.3) is 0 Å². The lowest BCUT2D eigenvalue weighted by Gasteiger charge is -2.35. The Hall–Kier alpha value is -3.48. The Morgan fingerprint density at radius 2 is 1.79 bits per heavy atom. The summed E-state index contributed by atoms with van der Waals surface area (Å²) >= 11 is 5.98. The molecule has 0 radical (unpaired) electrons. The lowest BCUT2D eigenvalue weighted by atomic mass is 10.0. The van der Waals surface area contributed by atoms with E-state index in [2.05, 4.69) is 5.32 Å². The van der Waals surface area contributed by atoms with Gasteiger partial charge < -0.3 is 24.8 Å². The third-order valence-electron chi connectivity index (χ3n) is 8.30. The third-order valence-corrected chi connectivity index (χ3v) is 10.4. The molecule has 0 fully saturated rings. The average molecular weight is 686 g/mol. The first-order chi connectivity index (χ1) is 22.4. The monoisotopic (exact) mass is 685 g/mol. The molecule has 4 rings (SSSR count). The summed E-state index contributed by atoms with van der Waals surface area (Å²) in [6, 6.07) is 19.2. The van der Waals surface area contributed by atoms with E-state index in [1.54, 1.807) is 54.3 Å². The predicted molar refractivity (Wildman–Crippen MR) is 183 cm³/mol. The number of nitrogens with zero attached hydrogens (tertiary/aromatic N) is 2. The second-order valence-corrected chi connectivity index (χ2v) is 14.6. The molecule has 0 aromatic heterocycles. The van der Waals surface area contributed by atoms with E-state index in [0.29, 0.717) is 35.1 Å². The molecule has 47 heavy (non-hydrogen) atoms. The van der Waals surface area contributed by atoms with Crippen LogP contribution < -0.4 is 10.1 Å². The minimum Gasteiger partial charge on any atom is -0.490 e. The van der Waals surface area contributed by atoms with Gasteiger partial charge in [-0.3, -0.25) is 9.59 Å². The molecule has 0 bridgehead atoms. The SMILES string of the molecule is C[C@@H]1CN([C@@H](C)CO)C(=O)c2cc(NC(=O)c3ccccc3)ccc2O[C@@H](C)CCCCO[C@@H]1CN(C)S(=O)(=O)c1ccc(Cl)cc1. The Bertz CT molecular complexity index is 1610. The summed E-state index contributed by atoms with van der Waals surface area (Å²) < 4.78 is 40.7. The molecule has 4 atom stereocenters. The molecular formula is C35H44ClN3O7S. The van der Waals surface area contributed by atoms with Gasteiger partial charge in [-0.1, -0.05) is 36.7 Å². The largest absolute Gasteiger partial charge is 0.490 e. The number of aliphatic hydroxyl groups is 1. The number of nitrogens with one attached hydrogen (secondary N) is 1. The molecule has 1 aliphatic rings. The van der Waals surface area contributed by atoms with Gasteiger partial charge in [-0.05, 0) is 87.7 Å². The van der Waals surface area contributed by atoms with Crippen molar-refractivity contribution in [2.75, 3.05) is 38.7 Å². The molecule has 0 saturated carbocycles. The van der Waals surface area contributed by atoms with Crippen LogP contribution in [0.3, 0.4) is 0 Å². The smallest absolute Gasteiger partial charge is 0.258 e. The maximum absolute atomic E-state index is 14.3. The van der Waals surface area contributed by atoms with Gasteiger partial charge in [0.15, 0.2) is 0 Å².